The Bertz CT molecular complexity index is 892. The van der Waals surface area contributed by atoms with Crippen molar-refractivity contribution in [2.24, 2.45) is 0 Å². The summed E-state index contributed by atoms with van der Waals surface area (Å²) in [6.07, 6.45) is -2.22. The van der Waals surface area contributed by atoms with Crippen molar-refractivity contribution in [2.45, 2.75) is 24.4 Å². The Hall–Kier alpha value is -2.70. The van der Waals surface area contributed by atoms with E-state index in [9.17, 15) is 22.8 Å². The number of alkyl halides is 3. The summed E-state index contributed by atoms with van der Waals surface area (Å²) in [5.74, 6) is -1.27. The van der Waals surface area contributed by atoms with Crippen molar-refractivity contribution in [1.29, 1.82) is 0 Å². The maximum absolute atomic E-state index is 13.1. The summed E-state index contributed by atoms with van der Waals surface area (Å²) < 4.78 is 39.4. The second kappa shape index (κ2) is 4.66. The Morgan fingerprint density at radius 1 is 1.12 bits per heavy atom. The smallest absolute Gasteiger partial charge is 0.291 e. The topological polar surface area (TPSA) is 59.1 Å². The van der Waals surface area contributed by atoms with E-state index in [1.807, 2.05) is 0 Å². The third-order valence-electron chi connectivity index (χ3n) is 4.75. The van der Waals surface area contributed by atoms with Gasteiger partial charge in [-0.2, -0.15) is 13.2 Å². The molecule has 1 aliphatic heterocycles. The summed E-state index contributed by atoms with van der Waals surface area (Å²) in [6.45, 7) is 0. The SMILES string of the molecule is O=C1NC(=O)C2(CCc3ncccc32)c2cc(C(F)(F)F)ccc21. The molecule has 2 aromatic rings. The quantitative estimate of drug-likeness (QED) is 0.755. The van der Waals surface area contributed by atoms with Gasteiger partial charge in [0, 0.05) is 17.5 Å². The summed E-state index contributed by atoms with van der Waals surface area (Å²) in [4.78, 5) is 29.0. The van der Waals surface area contributed by atoms with Crippen molar-refractivity contribution in [3.8, 4) is 0 Å². The van der Waals surface area contributed by atoms with Gasteiger partial charge in [0.25, 0.3) is 5.91 Å². The lowest BCUT2D eigenvalue weighted by Crippen LogP contribution is -2.51. The number of nitrogens with zero attached hydrogens (tertiary/aromatic N) is 1. The summed E-state index contributed by atoms with van der Waals surface area (Å²) in [7, 11) is 0. The van der Waals surface area contributed by atoms with E-state index in [1.54, 1.807) is 18.3 Å². The molecule has 1 aliphatic carbocycles. The third-order valence-corrected chi connectivity index (χ3v) is 4.75. The molecule has 2 aliphatic rings. The number of amides is 2. The van der Waals surface area contributed by atoms with Crippen LogP contribution >= 0.6 is 0 Å². The number of carbonyl (C=O) groups is 2. The first-order chi connectivity index (χ1) is 11.3. The van der Waals surface area contributed by atoms with Crippen molar-refractivity contribution in [3.63, 3.8) is 0 Å². The molecule has 2 heterocycles. The number of fused-ring (bicyclic) bond motifs is 4. The molecular formula is C17H11F3N2O2. The average molecular weight is 332 g/mol. The van der Waals surface area contributed by atoms with Crippen molar-refractivity contribution in [2.75, 3.05) is 0 Å². The van der Waals surface area contributed by atoms with Gasteiger partial charge >= 0.3 is 6.18 Å². The molecule has 1 N–H and O–H groups in total. The number of aromatic nitrogens is 1. The fraction of sp³-hybridized carbons (Fsp3) is 0.235. The first-order valence-corrected chi connectivity index (χ1v) is 7.36. The second-order valence-corrected chi connectivity index (χ2v) is 5.94. The summed E-state index contributed by atoms with van der Waals surface area (Å²) in [5, 5.41) is 2.28. The zero-order valence-corrected chi connectivity index (χ0v) is 12.3. The first kappa shape index (κ1) is 14.9. The highest BCUT2D eigenvalue weighted by molar-refractivity contribution is 6.15. The van der Waals surface area contributed by atoms with Crippen LogP contribution in [0.3, 0.4) is 0 Å². The number of pyridine rings is 1. The number of imide groups is 1. The Kier molecular flexibility index (Phi) is 2.88. The molecule has 7 heteroatoms. The minimum absolute atomic E-state index is 0.0966. The maximum Gasteiger partial charge on any atom is 0.416 e. The van der Waals surface area contributed by atoms with Crippen LogP contribution in [0.15, 0.2) is 36.5 Å². The van der Waals surface area contributed by atoms with E-state index in [-0.39, 0.29) is 17.5 Å². The van der Waals surface area contributed by atoms with Gasteiger partial charge in [0.1, 0.15) is 5.41 Å². The average Bonchev–Trinajstić information content (AvgIpc) is 2.92. The van der Waals surface area contributed by atoms with Crippen molar-refractivity contribution < 1.29 is 22.8 Å². The number of benzene rings is 1. The molecular weight excluding hydrogens is 321 g/mol. The van der Waals surface area contributed by atoms with Gasteiger partial charge in [-0.3, -0.25) is 19.9 Å². The van der Waals surface area contributed by atoms with Gasteiger partial charge in [-0.1, -0.05) is 6.07 Å². The summed E-state index contributed by atoms with van der Waals surface area (Å²) in [5.41, 5.74) is -0.729. The Morgan fingerprint density at radius 3 is 2.67 bits per heavy atom. The molecule has 0 fully saturated rings. The monoisotopic (exact) mass is 332 g/mol. The third kappa shape index (κ3) is 1.84. The molecule has 1 spiro atoms. The number of halogens is 3. The van der Waals surface area contributed by atoms with Crippen LogP contribution in [0.1, 0.15) is 39.2 Å². The molecule has 4 nitrogen and oxygen atoms in total. The molecule has 1 aromatic heterocycles. The van der Waals surface area contributed by atoms with Gasteiger partial charge in [-0.15, -0.1) is 0 Å². The predicted octanol–water partition coefficient (Wildman–Crippen LogP) is 2.60. The lowest BCUT2D eigenvalue weighted by molar-refractivity contribution is -0.138. The van der Waals surface area contributed by atoms with E-state index in [4.69, 9.17) is 0 Å². The van der Waals surface area contributed by atoms with Gasteiger partial charge in [-0.25, -0.2) is 0 Å². The van der Waals surface area contributed by atoms with Crippen molar-refractivity contribution in [3.05, 3.63) is 64.5 Å². The van der Waals surface area contributed by atoms with E-state index < -0.39 is 29.0 Å². The van der Waals surface area contributed by atoms with Crippen LogP contribution in [0.5, 0.6) is 0 Å². The summed E-state index contributed by atoms with van der Waals surface area (Å²) >= 11 is 0. The van der Waals surface area contributed by atoms with Crippen molar-refractivity contribution >= 4 is 11.8 Å². The standard InChI is InChI=1S/C17H11F3N2O2/c18-17(19,20)9-3-4-10-12(8-9)16(15(24)22-14(10)23)6-5-13-11(16)2-1-7-21-13/h1-4,7-8H,5-6H2,(H,22,23,24). The second-order valence-electron chi connectivity index (χ2n) is 5.94. The van der Waals surface area contributed by atoms with Gasteiger partial charge < -0.3 is 0 Å². The van der Waals surface area contributed by atoms with Crippen LogP contribution in [-0.2, 0) is 22.8 Å². The first-order valence-electron chi connectivity index (χ1n) is 7.36. The molecule has 1 atom stereocenters. The van der Waals surface area contributed by atoms with Gasteiger partial charge in [-0.05, 0) is 48.2 Å². The lowest BCUT2D eigenvalue weighted by atomic mass is 9.70. The van der Waals surface area contributed by atoms with E-state index >= 15 is 0 Å². The van der Waals surface area contributed by atoms with Crippen LogP contribution in [-0.4, -0.2) is 16.8 Å². The molecule has 2 amide bonds. The molecule has 0 radical (unpaired) electrons. The molecule has 0 bridgehead atoms. The van der Waals surface area contributed by atoms with Gasteiger partial charge in [0.05, 0.1) is 5.56 Å². The maximum atomic E-state index is 13.1. The molecule has 24 heavy (non-hydrogen) atoms. The Morgan fingerprint density at radius 2 is 1.92 bits per heavy atom. The predicted molar refractivity (Wildman–Crippen MR) is 77.3 cm³/mol. The highest BCUT2D eigenvalue weighted by atomic mass is 19.4. The minimum Gasteiger partial charge on any atom is -0.291 e. The van der Waals surface area contributed by atoms with Crippen LogP contribution < -0.4 is 5.32 Å². The number of carbonyl (C=O) groups excluding carboxylic acids is 2. The number of aryl methyl sites for hydroxylation is 1. The largest absolute Gasteiger partial charge is 0.416 e. The van der Waals surface area contributed by atoms with E-state index in [0.29, 0.717) is 17.7 Å². The lowest BCUT2D eigenvalue weighted by Gasteiger charge is -2.35. The molecule has 1 unspecified atom stereocenters. The highest BCUT2D eigenvalue weighted by Gasteiger charge is 2.52. The highest BCUT2D eigenvalue weighted by Crippen LogP contribution is 2.47. The summed E-state index contributed by atoms with van der Waals surface area (Å²) in [6, 6.07) is 6.25. The molecule has 0 saturated carbocycles. The number of rotatable bonds is 0. The molecule has 4 rings (SSSR count). The van der Waals surface area contributed by atoms with E-state index in [1.165, 1.54) is 0 Å². The fourth-order valence-corrected chi connectivity index (χ4v) is 3.65. The van der Waals surface area contributed by atoms with E-state index in [2.05, 4.69) is 10.3 Å². The van der Waals surface area contributed by atoms with Crippen LogP contribution in [0, 0.1) is 0 Å². The fourth-order valence-electron chi connectivity index (χ4n) is 3.65. The van der Waals surface area contributed by atoms with E-state index in [0.717, 1.165) is 18.2 Å². The minimum atomic E-state index is -4.55. The van der Waals surface area contributed by atoms with Gasteiger partial charge in [0.2, 0.25) is 5.91 Å². The van der Waals surface area contributed by atoms with Crippen LogP contribution in [0.4, 0.5) is 13.2 Å². The van der Waals surface area contributed by atoms with Crippen molar-refractivity contribution in [1.82, 2.24) is 10.3 Å². The molecule has 122 valence electrons. The normalized spacial score (nSPS) is 22.3. The van der Waals surface area contributed by atoms with Crippen LogP contribution in [0.25, 0.3) is 0 Å². The zero-order chi connectivity index (χ0) is 17.1. The molecule has 1 aromatic carbocycles. The Balaban J connectivity index is 2.03. The number of hydrogen-bond acceptors (Lipinski definition) is 3. The van der Waals surface area contributed by atoms with Crippen LogP contribution in [0.2, 0.25) is 0 Å². The van der Waals surface area contributed by atoms with Gasteiger partial charge in [0.15, 0.2) is 0 Å². The number of hydrogen-bond donors (Lipinski definition) is 1. The Labute approximate surface area is 134 Å². The zero-order valence-electron chi connectivity index (χ0n) is 12.3. The molecule has 0 saturated heterocycles. The number of nitrogens with one attached hydrogen (secondary N) is 1.